The van der Waals surface area contributed by atoms with Crippen molar-refractivity contribution in [2.24, 2.45) is 0 Å². The van der Waals surface area contributed by atoms with Crippen molar-refractivity contribution in [1.82, 2.24) is 4.90 Å². The number of aryl methyl sites for hydroxylation is 1. The fourth-order valence-corrected chi connectivity index (χ4v) is 1.57. The van der Waals surface area contributed by atoms with Gasteiger partial charge in [-0.25, -0.2) is 0 Å². The third-order valence-electron chi connectivity index (χ3n) is 2.69. The average molecular weight is 221 g/mol. The van der Waals surface area contributed by atoms with Crippen LogP contribution in [0.25, 0.3) is 0 Å². The number of hydrogen-bond donors (Lipinski definition) is 2. The predicted octanol–water partition coefficient (Wildman–Crippen LogP) is 2.33. The number of hydrogen-bond acceptors (Lipinski definition) is 3. The van der Waals surface area contributed by atoms with E-state index < -0.39 is 0 Å². The third kappa shape index (κ3) is 4.11. The maximum absolute atomic E-state index is 5.78. The van der Waals surface area contributed by atoms with Crippen LogP contribution in [-0.2, 0) is 0 Å². The van der Waals surface area contributed by atoms with E-state index in [4.69, 9.17) is 5.73 Å². The standard InChI is InChI=1S/C13H23N3/c1-10-9-12(5-6-13(10)14)15-11(2)7-8-16(3)4/h5-6,9,11,15H,7-8,14H2,1-4H3. The summed E-state index contributed by atoms with van der Waals surface area (Å²) in [5.41, 5.74) is 8.92. The quantitative estimate of drug-likeness (QED) is 0.750. The van der Waals surface area contributed by atoms with Crippen molar-refractivity contribution >= 4 is 11.4 Å². The third-order valence-corrected chi connectivity index (χ3v) is 2.69. The first kappa shape index (κ1) is 12.8. The van der Waals surface area contributed by atoms with Crippen molar-refractivity contribution < 1.29 is 0 Å². The summed E-state index contributed by atoms with van der Waals surface area (Å²) in [4.78, 5) is 2.20. The molecule has 0 spiro atoms. The number of benzene rings is 1. The topological polar surface area (TPSA) is 41.3 Å². The molecule has 1 aromatic carbocycles. The molecule has 0 fully saturated rings. The van der Waals surface area contributed by atoms with E-state index in [9.17, 15) is 0 Å². The Hall–Kier alpha value is -1.22. The van der Waals surface area contributed by atoms with Crippen LogP contribution in [0.4, 0.5) is 11.4 Å². The molecule has 0 aliphatic heterocycles. The Morgan fingerprint density at radius 2 is 2.06 bits per heavy atom. The smallest absolute Gasteiger partial charge is 0.0346 e. The van der Waals surface area contributed by atoms with Crippen molar-refractivity contribution in [1.29, 1.82) is 0 Å². The summed E-state index contributed by atoms with van der Waals surface area (Å²) in [6.45, 7) is 5.34. The molecular formula is C13H23N3. The Kier molecular flexibility index (Phi) is 4.62. The van der Waals surface area contributed by atoms with Gasteiger partial charge in [-0.15, -0.1) is 0 Å². The molecule has 0 amide bonds. The van der Waals surface area contributed by atoms with Gasteiger partial charge in [0.25, 0.3) is 0 Å². The van der Waals surface area contributed by atoms with E-state index in [0.29, 0.717) is 6.04 Å². The van der Waals surface area contributed by atoms with Crippen molar-refractivity contribution in [3.05, 3.63) is 23.8 Å². The Morgan fingerprint density at radius 3 is 2.62 bits per heavy atom. The van der Waals surface area contributed by atoms with Crippen molar-refractivity contribution in [2.75, 3.05) is 31.7 Å². The molecule has 0 aromatic heterocycles. The van der Waals surface area contributed by atoms with Gasteiger partial charge in [0, 0.05) is 17.4 Å². The van der Waals surface area contributed by atoms with Crippen LogP contribution in [0, 0.1) is 6.92 Å². The summed E-state index contributed by atoms with van der Waals surface area (Å²) in [5, 5.41) is 3.48. The molecule has 0 saturated heterocycles. The minimum absolute atomic E-state index is 0.477. The lowest BCUT2D eigenvalue weighted by Gasteiger charge is -2.18. The van der Waals surface area contributed by atoms with E-state index in [1.807, 2.05) is 19.1 Å². The average Bonchev–Trinajstić information content (AvgIpc) is 2.21. The zero-order valence-corrected chi connectivity index (χ0v) is 10.7. The van der Waals surface area contributed by atoms with Crippen LogP contribution in [0.1, 0.15) is 18.9 Å². The molecule has 3 nitrogen and oxygen atoms in total. The van der Waals surface area contributed by atoms with Gasteiger partial charge >= 0.3 is 0 Å². The number of nitrogens with one attached hydrogen (secondary N) is 1. The molecule has 1 atom stereocenters. The number of nitrogens with two attached hydrogens (primary N) is 1. The van der Waals surface area contributed by atoms with Crippen LogP contribution < -0.4 is 11.1 Å². The molecule has 3 heteroatoms. The van der Waals surface area contributed by atoms with Crippen molar-refractivity contribution in [2.45, 2.75) is 26.3 Å². The first-order valence-corrected chi connectivity index (χ1v) is 5.76. The zero-order chi connectivity index (χ0) is 12.1. The molecule has 3 N–H and O–H groups in total. The zero-order valence-electron chi connectivity index (χ0n) is 10.7. The first-order chi connectivity index (χ1) is 7.49. The van der Waals surface area contributed by atoms with Gasteiger partial charge in [-0.3, -0.25) is 0 Å². The molecule has 16 heavy (non-hydrogen) atoms. The van der Waals surface area contributed by atoms with Gasteiger partial charge < -0.3 is 16.0 Å². The lowest BCUT2D eigenvalue weighted by molar-refractivity contribution is 0.390. The summed E-state index contributed by atoms with van der Waals surface area (Å²) in [5.74, 6) is 0. The normalized spacial score (nSPS) is 12.8. The Labute approximate surface area is 98.6 Å². The van der Waals surface area contributed by atoms with E-state index in [0.717, 1.165) is 29.9 Å². The van der Waals surface area contributed by atoms with Crippen molar-refractivity contribution in [3.63, 3.8) is 0 Å². The van der Waals surface area contributed by atoms with E-state index in [1.54, 1.807) is 0 Å². The highest BCUT2D eigenvalue weighted by Gasteiger charge is 2.03. The first-order valence-electron chi connectivity index (χ1n) is 5.76. The van der Waals surface area contributed by atoms with Crippen LogP contribution >= 0.6 is 0 Å². The molecule has 0 radical (unpaired) electrons. The molecule has 0 aliphatic rings. The van der Waals surface area contributed by atoms with Crippen LogP contribution in [0.5, 0.6) is 0 Å². The molecule has 1 rings (SSSR count). The van der Waals surface area contributed by atoms with Gasteiger partial charge in [-0.1, -0.05) is 0 Å². The van der Waals surface area contributed by atoms with Gasteiger partial charge in [0.05, 0.1) is 0 Å². The molecule has 1 aromatic rings. The van der Waals surface area contributed by atoms with Gasteiger partial charge in [0.1, 0.15) is 0 Å². The maximum Gasteiger partial charge on any atom is 0.0346 e. The van der Waals surface area contributed by atoms with Crippen LogP contribution in [0.3, 0.4) is 0 Å². The lowest BCUT2D eigenvalue weighted by Crippen LogP contribution is -2.23. The largest absolute Gasteiger partial charge is 0.399 e. The Morgan fingerprint density at radius 1 is 1.38 bits per heavy atom. The highest BCUT2D eigenvalue weighted by atomic mass is 15.1. The van der Waals surface area contributed by atoms with E-state index >= 15 is 0 Å². The highest BCUT2D eigenvalue weighted by molar-refractivity contribution is 5.56. The van der Waals surface area contributed by atoms with Gasteiger partial charge in [0.15, 0.2) is 0 Å². The summed E-state index contributed by atoms with van der Waals surface area (Å²) in [7, 11) is 4.19. The minimum Gasteiger partial charge on any atom is -0.399 e. The Balaban J connectivity index is 2.49. The Bertz CT molecular complexity index is 334. The number of rotatable bonds is 5. The second kappa shape index (κ2) is 5.75. The number of anilines is 2. The second-order valence-electron chi connectivity index (χ2n) is 4.71. The van der Waals surface area contributed by atoms with Crippen molar-refractivity contribution in [3.8, 4) is 0 Å². The molecule has 90 valence electrons. The molecule has 0 heterocycles. The monoisotopic (exact) mass is 221 g/mol. The van der Waals surface area contributed by atoms with Gasteiger partial charge in [-0.2, -0.15) is 0 Å². The van der Waals surface area contributed by atoms with E-state index in [2.05, 4.69) is 37.3 Å². The van der Waals surface area contributed by atoms with Gasteiger partial charge in [0.2, 0.25) is 0 Å². The minimum atomic E-state index is 0.477. The van der Waals surface area contributed by atoms with Crippen LogP contribution in [-0.4, -0.2) is 31.6 Å². The molecule has 1 unspecified atom stereocenters. The molecule has 0 aliphatic carbocycles. The highest BCUT2D eigenvalue weighted by Crippen LogP contribution is 2.17. The number of nitrogens with zero attached hydrogens (tertiary/aromatic N) is 1. The number of nitrogen functional groups attached to an aromatic ring is 1. The molecule has 0 bridgehead atoms. The molecular weight excluding hydrogens is 198 g/mol. The van der Waals surface area contributed by atoms with Gasteiger partial charge in [-0.05, 0) is 64.7 Å². The predicted molar refractivity (Wildman–Crippen MR) is 71.8 cm³/mol. The SMILES string of the molecule is Cc1cc(NC(C)CCN(C)C)ccc1N. The van der Waals surface area contributed by atoms with Crippen LogP contribution in [0.15, 0.2) is 18.2 Å². The summed E-state index contributed by atoms with van der Waals surface area (Å²) in [6, 6.07) is 6.57. The fraction of sp³-hybridized carbons (Fsp3) is 0.538. The summed E-state index contributed by atoms with van der Waals surface area (Å²) < 4.78 is 0. The maximum atomic E-state index is 5.78. The molecule has 0 saturated carbocycles. The lowest BCUT2D eigenvalue weighted by atomic mass is 10.1. The second-order valence-corrected chi connectivity index (χ2v) is 4.71. The van der Waals surface area contributed by atoms with E-state index in [-0.39, 0.29) is 0 Å². The summed E-state index contributed by atoms with van der Waals surface area (Å²) >= 11 is 0. The summed E-state index contributed by atoms with van der Waals surface area (Å²) in [6.07, 6.45) is 1.14. The van der Waals surface area contributed by atoms with Crippen LogP contribution in [0.2, 0.25) is 0 Å². The fourth-order valence-electron chi connectivity index (χ4n) is 1.57. The van der Waals surface area contributed by atoms with E-state index in [1.165, 1.54) is 0 Å².